The number of rotatable bonds is 7. The van der Waals surface area contributed by atoms with Gasteiger partial charge in [-0.25, -0.2) is 0 Å². The highest BCUT2D eigenvalue weighted by atomic mass is 32.1. The number of aromatic nitrogens is 2. The highest BCUT2D eigenvalue weighted by Crippen LogP contribution is 2.42. The Labute approximate surface area is 236 Å². The number of nitro groups is 1. The number of nitro benzene ring substituents is 1. The van der Waals surface area contributed by atoms with Crippen molar-refractivity contribution in [2.24, 2.45) is 0 Å². The molecule has 3 aromatic carbocycles. The fraction of sp³-hybridized carbons (Fsp3) is 0.0968. The van der Waals surface area contributed by atoms with Crippen molar-refractivity contribution < 1.29 is 9.66 Å². The van der Waals surface area contributed by atoms with E-state index >= 15 is 0 Å². The highest BCUT2D eigenvalue weighted by molar-refractivity contribution is 7.80. The van der Waals surface area contributed by atoms with Crippen molar-refractivity contribution in [3.8, 4) is 17.2 Å². The van der Waals surface area contributed by atoms with Crippen LogP contribution in [-0.4, -0.2) is 19.6 Å². The quantitative estimate of drug-likeness (QED) is 0.133. The monoisotopic (exact) mass is 547 g/mol. The summed E-state index contributed by atoms with van der Waals surface area (Å²) in [5.41, 5.74) is 4.50. The Kier molecular flexibility index (Phi) is 6.71. The van der Waals surface area contributed by atoms with Gasteiger partial charge in [-0.05, 0) is 85.9 Å². The first kappa shape index (κ1) is 25.3. The smallest absolute Gasteiger partial charge is 0.271 e. The largest absolute Gasteiger partial charge is 0.457 e. The van der Waals surface area contributed by atoms with E-state index in [1.807, 2.05) is 103 Å². The molecule has 6 rings (SSSR count). The third-order valence-electron chi connectivity index (χ3n) is 6.87. The van der Waals surface area contributed by atoms with Gasteiger partial charge < -0.3 is 19.5 Å². The average Bonchev–Trinajstić information content (AvgIpc) is 3.60. The molecular weight excluding hydrogens is 522 g/mol. The maximum Gasteiger partial charge on any atom is 0.271 e. The minimum absolute atomic E-state index is 0.0273. The predicted molar refractivity (Wildman–Crippen MR) is 158 cm³/mol. The molecule has 2 atom stereocenters. The Hall–Kier alpha value is -5.02. The number of hydrogen-bond donors (Lipinski definition) is 1. The molecule has 9 heteroatoms. The van der Waals surface area contributed by atoms with Gasteiger partial charge in [0.05, 0.1) is 22.3 Å². The SMILES string of the molecule is Cc1ccc(Oc2ccc(N3C(=S)N[C@@H](c4ccccn4)[C@@H]3c3cccn3-c3cccc([N+](=O)[O-])c3)cc2)cc1. The Morgan fingerprint density at radius 3 is 2.35 bits per heavy atom. The van der Waals surface area contributed by atoms with E-state index in [1.165, 1.54) is 11.6 Å². The molecule has 2 aromatic heterocycles. The molecule has 1 aliphatic rings. The summed E-state index contributed by atoms with van der Waals surface area (Å²) in [5.74, 6) is 1.48. The van der Waals surface area contributed by atoms with Gasteiger partial charge in [0.15, 0.2) is 5.11 Å². The Bertz CT molecular complexity index is 1670. The van der Waals surface area contributed by atoms with Crippen molar-refractivity contribution in [1.29, 1.82) is 0 Å². The second-order valence-corrected chi connectivity index (χ2v) is 9.87. The van der Waals surface area contributed by atoms with Gasteiger partial charge in [0, 0.05) is 35.9 Å². The first-order chi connectivity index (χ1) is 19.5. The molecule has 0 radical (unpaired) electrons. The zero-order chi connectivity index (χ0) is 27.6. The number of hydrogen-bond acceptors (Lipinski definition) is 5. The molecular formula is C31H25N5O3S. The van der Waals surface area contributed by atoms with Crippen LogP contribution in [-0.2, 0) is 0 Å². The van der Waals surface area contributed by atoms with Gasteiger partial charge in [0.1, 0.15) is 17.5 Å². The van der Waals surface area contributed by atoms with Crippen LogP contribution in [0.2, 0.25) is 0 Å². The van der Waals surface area contributed by atoms with Gasteiger partial charge in [0.2, 0.25) is 0 Å². The molecule has 1 aliphatic heterocycles. The van der Waals surface area contributed by atoms with Crippen LogP contribution in [0.5, 0.6) is 11.5 Å². The van der Waals surface area contributed by atoms with E-state index < -0.39 is 0 Å². The van der Waals surface area contributed by atoms with E-state index in [0.29, 0.717) is 16.5 Å². The average molecular weight is 548 g/mol. The number of thiocarbonyl (C=S) groups is 1. The van der Waals surface area contributed by atoms with Gasteiger partial charge in [0.25, 0.3) is 5.69 Å². The van der Waals surface area contributed by atoms with E-state index in [-0.39, 0.29) is 22.7 Å². The zero-order valence-electron chi connectivity index (χ0n) is 21.5. The molecule has 0 amide bonds. The number of benzene rings is 3. The lowest BCUT2D eigenvalue weighted by atomic mass is 10.0. The second kappa shape index (κ2) is 10.6. The van der Waals surface area contributed by atoms with Crippen LogP contribution in [0.1, 0.15) is 29.0 Å². The highest BCUT2D eigenvalue weighted by Gasteiger charge is 2.42. The molecule has 0 unspecified atom stereocenters. The third kappa shape index (κ3) is 4.90. The number of aryl methyl sites for hydroxylation is 1. The summed E-state index contributed by atoms with van der Waals surface area (Å²) in [7, 11) is 0. The van der Waals surface area contributed by atoms with Gasteiger partial charge >= 0.3 is 0 Å². The molecule has 0 bridgehead atoms. The van der Waals surface area contributed by atoms with Crippen molar-refractivity contribution in [3.05, 3.63) is 143 Å². The maximum absolute atomic E-state index is 11.5. The van der Waals surface area contributed by atoms with Gasteiger partial charge in [-0.1, -0.05) is 29.8 Å². The number of pyridine rings is 1. The lowest BCUT2D eigenvalue weighted by Crippen LogP contribution is -2.30. The normalized spacial score (nSPS) is 16.5. The molecule has 1 fully saturated rings. The van der Waals surface area contributed by atoms with Crippen LogP contribution >= 0.6 is 12.2 Å². The predicted octanol–water partition coefficient (Wildman–Crippen LogP) is 7.06. The van der Waals surface area contributed by atoms with Crippen molar-refractivity contribution in [2.75, 3.05) is 4.90 Å². The summed E-state index contributed by atoms with van der Waals surface area (Å²) in [6.45, 7) is 2.04. The second-order valence-electron chi connectivity index (χ2n) is 9.49. The molecule has 1 saturated heterocycles. The molecule has 3 heterocycles. The summed E-state index contributed by atoms with van der Waals surface area (Å²) >= 11 is 5.87. The van der Waals surface area contributed by atoms with Crippen molar-refractivity contribution in [1.82, 2.24) is 14.9 Å². The number of nitrogens with zero attached hydrogens (tertiary/aromatic N) is 4. The zero-order valence-corrected chi connectivity index (χ0v) is 22.4. The summed E-state index contributed by atoms with van der Waals surface area (Å²) in [6, 6.07) is 31.5. The number of anilines is 1. The molecule has 0 aliphatic carbocycles. The van der Waals surface area contributed by atoms with Crippen molar-refractivity contribution >= 4 is 28.7 Å². The Balaban J connectivity index is 1.40. The molecule has 1 N–H and O–H groups in total. The topological polar surface area (TPSA) is 85.5 Å². The molecule has 0 saturated carbocycles. The summed E-state index contributed by atoms with van der Waals surface area (Å²) in [6.07, 6.45) is 3.67. The number of non-ortho nitro benzene ring substituents is 1. The van der Waals surface area contributed by atoms with Gasteiger partial charge in [-0.3, -0.25) is 15.1 Å². The number of nitrogens with one attached hydrogen (secondary N) is 1. The molecule has 5 aromatic rings. The van der Waals surface area contributed by atoms with E-state index in [2.05, 4.69) is 15.2 Å². The molecule has 40 heavy (non-hydrogen) atoms. The first-order valence-electron chi connectivity index (χ1n) is 12.8. The number of ether oxygens (including phenoxy) is 1. The Morgan fingerprint density at radius 2 is 1.65 bits per heavy atom. The summed E-state index contributed by atoms with van der Waals surface area (Å²) in [5, 5.41) is 15.5. The van der Waals surface area contributed by atoms with Gasteiger partial charge in [-0.2, -0.15) is 0 Å². The fourth-order valence-electron chi connectivity index (χ4n) is 4.98. The first-order valence-corrected chi connectivity index (χ1v) is 13.2. The maximum atomic E-state index is 11.5. The molecule has 0 spiro atoms. The standard InChI is InChI=1S/C31H25N5O3S/c1-21-10-14-25(15-11-21)39-26-16-12-22(13-17-26)35-30(29(33-31(35)40)27-8-2-3-18-32-27)28-9-5-19-34(28)23-6-4-7-24(20-23)36(37)38/h2-20,29-30H,1H3,(H,33,40)/t29-,30-/m0/s1. The van der Waals surface area contributed by atoms with Crippen molar-refractivity contribution in [3.63, 3.8) is 0 Å². The van der Waals surface area contributed by atoms with Crippen LogP contribution in [0, 0.1) is 17.0 Å². The van der Waals surface area contributed by atoms with Gasteiger partial charge in [-0.15, -0.1) is 0 Å². The molecule has 198 valence electrons. The minimum Gasteiger partial charge on any atom is -0.457 e. The van der Waals surface area contributed by atoms with E-state index in [1.54, 1.807) is 18.3 Å². The fourth-order valence-corrected chi connectivity index (χ4v) is 5.32. The van der Waals surface area contributed by atoms with E-state index in [4.69, 9.17) is 17.0 Å². The van der Waals surface area contributed by atoms with Crippen LogP contribution in [0.25, 0.3) is 5.69 Å². The molecule has 8 nitrogen and oxygen atoms in total. The van der Waals surface area contributed by atoms with Crippen LogP contribution in [0.4, 0.5) is 11.4 Å². The Morgan fingerprint density at radius 1 is 0.900 bits per heavy atom. The lowest BCUT2D eigenvalue weighted by Gasteiger charge is -2.29. The van der Waals surface area contributed by atoms with E-state index in [0.717, 1.165) is 22.8 Å². The van der Waals surface area contributed by atoms with Crippen LogP contribution in [0.3, 0.4) is 0 Å². The van der Waals surface area contributed by atoms with Crippen LogP contribution < -0.4 is 15.0 Å². The van der Waals surface area contributed by atoms with Crippen molar-refractivity contribution in [2.45, 2.75) is 19.0 Å². The summed E-state index contributed by atoms with van der Waals surface area (Å²) in [4.78, 5) is 17.8. The summed E-state index contributed by atoms with van der Waals surface area (Å²) < 4.78 is 8.00. The van der Waals surface area contributed by atoms with Crippen LogP contribution in [0.15, 0.2) is 116 Å². The third-order valence-corrected chi connectivity index (χ3v) is 7.19. The lowest BCUT2D eigenvalue weighted by molar-refractivity contribution is -0.384. The minimum atomic E-state index is -0.387. The van der Waals surface area contributed by atoms with E-state index in [9.17, 15) is 10.1 Å².